The van der Waals surface area contributed by atoms with Gasteiger partial charge in [0.15, 0.2) is 11.6 Å². The first-order valence-corrected chi connectivity index (χ1v) is 5.56. The third-order valence-electron chi connectivity index (χ3n) is 2.42. The summed E-state index contributed by atoms with van der Waals surface area (Å²) in [7, 11) is 3.19. The molecule has 0 spiro atoms. The molecule has 0 saturated heterocycles. The second-order valence-corrected chi connectivity index (χ2v) is 3.71. The normalized spacial score (nSPS) is 10.6. The van der Waals surface area contributed by atoms with Gasteiger partial charge in [0.05, 0.1) is 7.11 Å². The molecule has 0 saturated carbocycles. The molecular weight excluding hydrogens is 226 g/mol. The van der Waals surface area contributed by atoms with Crippen LogP contribution in [0.1, 0.15) is 12.0 Å². The zero-order valence-corrected chi connectivity index (χ0v) is 10.1. The Morgan fingerprint density at radius 2 is 1.94 bits per heavy atom. The van der Waals surface area contributed by atoms with E-state index >= 15 is 0 Å². The van der Waals surface area contributed by atoms with Crippen LogP contribution >= 0.6 is 0 Å². The number of rotatable bonds is 7. The Morgan fingerprint density at radius 1 is 1.18 bits per heavy atom. The van der Waals surface area contributed by atoms with Gasteiger partial charge in [-0.3, -0.25) is 0 Å². The molecule has 0 amide bonds. The van der Waals surface area contributed by atoms with Crippen molar-refractivity contribution in [1.29, 1.82) is 0 Å². The molecule has 0 heterocycles. The monoisotopic (exact) mass is 244 g/mol. The maximum absolute atomic E-state index is 13.5. The highest BCUT2D eigenvalue weighted by Crippen LogP contribution is 2.20. The smallest absolute Gasteiger partial charge is 0.165 e. The van der Waals surface area contributed by atoms with Crippen molar-refractivity contribution in [2.75, 3.05) is 27.2 Å². The summed E-state index contributed by atoms with van der Waals surface area (Å²) in [6, 6.07) is 2.24. The third-order valence-corrected chi connectivity index (χ3v) is 2.42. The standard InChI is InChI=1S/C12H18F2N2O/c1-15-4-3-5-16-8-9-6-11(14)12(17-2)7-10(9)13/h6-7,15-16H,3-5,8H2,1-2H3. The largest absolute Gasteiger partial charge is 0.494 e. The number of ether oxygens (including phenoxy) is 1. The van der Waals surface area contributed by atoms with E-state index in [1.54, 1.807) is 0 Å². The molecule has 17 heavy (non-hydrogen) atoms. The van der Waals surface area contributed by atoms with E-state index in [2.05, 4.69) is 10.6 Å². The van der Waals surface area contributed by atoms with E-state index in [1.165, 1.54) is 13.2 Å². The number of hydrogen-bond donors (Lipinski definition) is 2. The van der Waals surface area contributed by atoms with Crippen molar-refractivity contribution in [3.63, 3.8) is 0 Å². The number of benzene rings is 1. The van der Waals surface area contributed by atoms with Crippen LogP contribution in [-0.4, -0.2) is 27.2 Å². The minimum atomic E-state index is -0.541. The Hall–Kier alpha value is -1.20. The molecule has 0 atom stereocenters. The lowest BCUT2D eigenvalue weighted by molar-refractivity contribution is 0.381. The molecule has 0 unspecified atom stereocenters. The summed E-state index contributed by atoms with van der Waals surface area (Å²) >= 11 is 0. The highest BCUT2D eigenvalue weighted by Gasteiger charge is 2.09. The summed E-state index contributed by atoms with van der Waals surface area (Å²) in [6.07, 6.45) is 0.941. The van der Waals surface area contributed by atoms with Crippen LogP contribution in [0.5, 0.6) is 5.75 Å². The van der Waals surface area contributed by atoms with Crippen molar-refractivity contribution in [3.05, 3.63) is 29.3 Å². The Balaban J connectivity index is 2.51. The molecule has 1 aromatic carbocycles. The fraction of sp³-hybridized carbons (Fsp3) is 0.500. The summed E-state index contributed by atoms with van der Waals surface area (Å²) in [5.74, 6) is -1.06. The minimum absolute atomic E-state index is 0.0681. The van der Waals surface area contributed by atoms with Gasteiger partial charge in [-0.2, -0.15) is 0 Å². The van der Waals surface area contributed by atoms with E-state index in [0.29, 0.717) is 12.1 Å². The van der Waals surface area contributed by atoms with Crippen LogP contribution in [0, 0.1) is 11.6 Å². The fourth-order valence-electron chi connectivity index (χ4n) is 1.47. The second kappa shape index (κ2) is 7.19. The average molecular weight is 244 g/mol. The van der Waals surface area contributed by atoms with Crippen LogP contribution in [-0.2, 0) is 6.54 Å². The van der Waals surface area contributed by atoms with E-state index in [0.717, 1.165) is 25.6 Å². The Bertz CT molecular complexity index is 359. The summed E-state index contributed by atoms with van der Waals surface area (Å²) in [4.78, 5) is 0. The van der Waals surface area contributed by atoms with Crippen molar-refractivity contribution >= 4 is 0 Å². The molecule has 5 heteroatoms. The molecule has 1 aromatic rings. The van der Waals surface area contributed by atoms with Crippen molar-refractivity contribution in [2.24, 2.45) is 0 Å². The first-order valence-electron chi connectivity index (χ1n) is 5.56. The van der Waals surface area contributed by atoms with Crippen LogP contribution in [0.3, 0.4) is 0 Å². The lowest BCUT2D eigenvalue weighted by Crippen LogP contribution is -2.20. The molecule has 0 aliphatic rings. The highest BCUT2D eigenvalue weighted by atomic mass is 19.1. The fourth-order valence-corrected chi connectivity index (χ4v) is 1.47. The number of hydrogen-bond acceptors (Lipinski definition) is 3. The predicted molar refractivity (Wildman–Crippen MR) is 63.2 cm³/mol. The molecule has 0 aliphatic heterocycles. The average Bonchev–Trinajstić information content (AvgIpc) is 2.32. The molecule has 0 aromatic heterocycles. The van der Waals surface area contributed by atoms with Gasteiger partial charge >= 0.3 is 0 Å². The van der Waals surface area contributed by atoms with Crippen LogP contribution in [0.4, 0.5) is 8.78 Å². The second-order valence-electron chi connectivity index (χ2n) is 3.71. The van der Waals surface area contributed by atoms with Gasteiger partial charge in [0.1, 0.15) is 5.82 Å². The summed E-state index contributed by atoms with van der Waals surface area (Å²) < 4.78 is 31.5. The van der Waals surface area contributed by atoms with Crippen LogP contribution in [0.2, 0.25) is 0 Å². The van der Waals surface area contributed by atoms with Gasteiger partial charge < -0.3 is 15.4 Å². The Labute approximate surface area is 100 Å². The van der Waals surface area contributed by atoms with Gasteiger partial charge in [-0.05, 0) is 32.6 Å². The molecule has 0 bridgehead atoms. The van der Waals surface area contributed by atoms with Gasteiger partial charge in [0.2, 0.25) is 0 Å². The van der Waals surface area contributed by atoms with E-state index in [4.69, 9.17) is 4.74 Å². The van der Waals surface area contributed by atoms with E-state index < -0.39 is 11.6 Å². The third kappa shape index (κ3) is 4.28. The zero-order valence-electron chi connectivity index (χ0n) is 10.1. The Morgan fingerprint density at radius 3 is 2.59 bits per heavy atom. The van der Waals surface area contributed by atoms with Crippen molar-refractivity contribution < 1.29 is 13.5 Å². The Kier molecular flexibility index (Phi) is 5.86. The van der Waals surface area contributed by atoms with Gasteiger partial charge in [-0.25, -0.2) is 8.78 Å². The van der Waals surface area contributed by atoms with Gasteiger partial charge in [-0.15, -0.1) is 0 Å². The van der Waals surface area contributed by atoms with Crippen molar-refractivity contribution in [2.45, 2.75) is 13.0 Å². The lowest BCUT2D eigenvalue weighted by atomic mass is 10.2. The quantitative estimate of drug-likeness (QED) is 0.716. The molecule has 0 radical (unpaired) electrons. The molecule has 2 N–H and O–H groups in total. The lowest BCUT2D eigenvalue weighted by Gasteiger charge is -2.08. The topological polar surface area (TPSA) is 33.3 Å². The predicted octanol–water partition coefficient (Wildman–Crippen LogP) is 1.67. The molecular formula is C12H18F2N2O. The summed E-state index contributed by atoms with van der Waals surface area (Å²) in [5, 5.41) is 6.07. The summed E-state index contributed by atoms with van der Waals surface area (Å²) in [6.45, 7) is 1.97. The molecule has 0 aliphatic carbocycles. The summed E-state index contributed by atoms with van der Waals surface area (Å²) in [5.41, 5.74) is 0.313. The molecule has 3 nitrogen and oxygen atoms in total. The van der Waals surface area contributed by atoms with E-state index in [-0.39, 0.29) is 5.75 Å². The van der Waals surface area contributed by atoms with Crippen molar-refractivity contribution in [3.8, 4) is 5.75 Å². The van der Waals surface area contributed by atoms with Crippen molar-refractivity contribution in [1.82, 2.24) is 10.6 Å². The minimum Gasteiger partial charge on any atom is -0.494 e. The van der Waals surface area contributed by atoms with E-state index in [9.17, 15) is 8.78 Å². The molecule has 1 rings (SSSR count). The molecule has 96 valence electrons. The SMILES string of the molecule is CNCCCNCc1cc(F)c(OC)cc1F. The van der Waals surface area contributed by atoms with Crippen LogP contribution < -0.4 is 15.4 Å². The maximum atomic E-state index is 13.5. The van der Waals surface area contributed by atoms with Crippen LogP contribution in [0.25, 0.3) is 0 Å². The number of methoxy groups -OCH3 is 1. The zero-order chi connectivity index (χ0) is 12.7. The van der Waals surface area contributed by atoms with Gasteiger partial charge in [0, 0.05) is 18.2 Å². The van der Waals surface area contributed by atoms with E-state index in [1.807, 2.05) is 7.05 Å². The van der Waals surface area contributed by atoms with Crippen LogP contribution in [0.15, 0.2) is 12.1 Å². The molecule has 0 fully saturated rings. The first kappa shape index (κ1) is 13.9. The highest BCUT2D eigenvalue weighted by molar-refractivity contribution is 5.30. The number of nitrogens with one attached hydrogen (secondary N) is 2. The first-order chi connectivity index (χ1) is 8.19. The maximum Gasteiger partial charge on any atom is 0.165 e. The van der Waals surface area contributed by atoms with Gasteiger partial charge in [-0.1, -0.05) is 0 Å². The van der Waals surface area contributed by atoms with Gasteiger partial charge in [0.25, 0.3) is 0 Å². The number of halogens is 2.